The standard InChI is InChI=1S/C20H23BrN2O3S/c1-22(14-16-6-3-2-4-7-16)20(24)17-8-5-13-23(15-17)27(25,26)19-11-9-18(21)10-12-19/h2-4,6-7,9-12,17H,5,8,13-15H2,1H3/t17-/m0/s1. The number of hydrogen-bond donors (Lipinski definition) is 0. The Kier molecular flexibility index (Phi) is 6.34. The average molecular weight is 451 g/mol. The molecule has 1 aliphatic rings. The predicted octanol–water partition coefficient (Wildman–Crippen LogP) is 3.51. The zero-order valence-corrected chi connectivity index (χ0v) is 17.6. The predicted molar refractivity (Wildman–Crippen MR) is 109 cm³/mol. The minimum atomic E-state index is -3.59. The Hall–Kier alpha value is -1.70. The van der Waals surface area contributed by atoms with Gasteiger partial charge in [0.05, 0.1) is 10.8 Å². The Morgan fingerprint density at radius 1 is 1.15 bits per heavy atom. The van der Waals surface area contributed by atoms with Crippen LogP contribution in [0.4, 0.5) is 0 Å². The van der Waals surface area contributed by atoms with Gasteiger partial charge in [-0.25, -0.2) is 8.42 Å². The van der Waals surface area contributed by atoms with E-state index in [1.165, 1.54) is 4.31 Å². The summed E-state index contributed by atoms with van der Waals surface area (Å²) < 4.78 is 28.1. The van der Waals surface area contributed by atoms with Gasteiger partial charge in [-0.2, -0.15) is 4.31 Å². The highest BCUT2D eigenvalue weighted by molar-refractivity contribution is 9.10. The van der Waals surface area contributed by atoms with Crippen molar-refractivity contribution >= 4 is 31.9 Å². The van der Waals surface area contributed by atoms with Crippen molar-refractivity contribution in [2.75, 3.05) is 20.1 Å². The lowest BCUT2D eigenvalue weighted by atomic mass is 9.98. The van der Waals surface area contributed by atoms with Gasteiger partial charge in [-0.15, -0.1) is 0 Å². The molecule has 2 aromatic rings. The van der Waals surface area contributed by atoms with Crippen molar-refractivity contribution in [2.24, 2.45) is 5.92 Å². The third-order valence-corrected chi connectivity index (χ3v) is 7.23. The number of benzene rings is 2. The summed E-state index contributed by atoms with van der Waals surface area (Å²) in [5.74, 6) is -0.313. The van der Waals surface area contributed by atoms with Crippen LogP contribution in [0.2, 0.25) is 0 Å². The number of carbonyl (C=O) groups is 1. The van der Waals surface area contributed by atoms with Crippen molar-refractivity contribution in [3.05, 3.63) is 64.6 Å². The second-order valence-electron chi connectivity index (χ2n) is 6.84. The lowest BCUT2D eigenvalue weighted by Gasteiger charge is -2.33. The summed E-state index contributed by atoms with van der Waals surface area (Å²) >= 11 is 3.32. The Morgan fingerprint density at radius 3 is 2.48 bits per heavy atom. The molecule has 144 valence electrons. The third-order valence-electron chi connectivity index (χ3n) is 4.82. The topological polar surface area (TPSA) is 57.7 Å². The van der Waals surface area contributed by atoms with Crippen molar-refractivity contribution < 1.29 is 13.2 Å². The monoisotopic (exact) mass is 450 g/mol. The number of amides is 1. The number of sulfonamides is 1. The lowest BCUT2D eigenvalue weighted by Crippen LogP contribution is -2.45. The number of rotatable bonds is 5. The van der Waals surface area contributed by atoms with Crippen LogP contribution in [0.25, 0.3) is 0 Å². The van der Waals surface area contributed by atoms with Gasteiger partial charge in [-0.3, -0.25) is 4.79 Å². The average Bonchev–Trinajstić information content (AvgIpc) is 2.68. The Bertz CT molecular complexity index is 885. The summed E-state index contributed by atoms with van der Waals surface area (Å²) in [6.45, 7) is 1.20. The summed E-state index contributed by atoms with van der Waals surface area (Å²) in [6.07, 6.45) is 1.40. The molecule has 5 nitrogen and oxygen atoms in total. The molecule has 1 aliphatic heterocycles. The van der Waals surface area contributed by atoms with E-state index in [0.717, 1.165) is 10.0 Å². The minimum absolute atomic E-state index is 0.00504. The third kappa shape index (κ3) is 4.78. The van der Waals surface area contributed by atoms with Crippen LogP contribution in [0.1, 0.15) is 18.4 Å². The van der Waals surface area contributed by atoms with Crippen LogP contribution in [0.3, 0.4) is 0 Å². The first-order valence-electron chi connectivity index (χ1n) is 8.92. The molecule has 0 N–H and O–H groups in total. The van der Waals surface area contributed by atoms with Crippen LogP contribution in [0, 0.1) is 5.92 Å². The number of halogens is 1. The van der Waals surface area contributed by atoms with Crippen LogP contribution in [-0.2, 0) is 21.4 Å². The SMILES string of the molecule is CN(Cc1ccccc1)C(=O)[C@H]1CCCN(S(=O)(=O)c2ccc(Br)cc2)C1. The molecular weight excluding hydrogens is 428 g/mol. The number of hydrogen-bond acceptors (Lipinski definition) is 3. The number of piperidine rings is 1. The summed E-state index contributed by atoms with van der Waals surface area (Å²) in [6, 6.07) is 16.4. The van der Waals surface area contributed by atoms with Gasteiger partial charge >= 0.3 is 0 Å². The highest BCUT2D eigenvalue weighted by atomic mass is 79.9. The summed E-state index contributed by atoms with van der Waals surface area (Å²) in [4.78, 5) is 14.8. The molecule has 1 fully saturated rings. The van der Waals surface area contributed by atoms with Gasteiger partial charge < -0.3 is 4.90 Å². The van der Waals surface area contributed by atoms with Gasteiger partial charge in [0.2, 0.25) is 15.9 Å². The van der Waals surface area contributed by atoms with E-state index in [4.69, 9.17) is 0 Å². The molecule has 1 atom stereocenters. The maximum absolute atomic E-state index is 12.9. The summed E-state index contributed by atoms with van der Waals surface area (Å²) in [5, 5.41) is 0. The molecule has 3 rings (SSSR count). The maximum atomic E-state index is 12.9. The summed E-state index contributed by atoms with van der Waals surface area (Å²) in [7, 11) is -1.81. The van der Waals surface area contributed by atoms with Crippen LogP contribution in [0.15, 0.2) is 64.0 Å². The maximum Gasteiger partial charge on any atom is 0.243 e. The van der Waals surface area contributed by atoms with Crippen LogP contribution in [-0.4, -0.2) is 43.7 Å². The molecule has 0 aliphatic carbocycles. The van der Waals surface area contributed by atoms with E-state index in [0.29, 0.717) is 25.9 Å². The second kappa shape index (κ2) is 8.54. The van der Waals surface area contributed by atoms with Crippen LogP contribution >= 0.6 is 15.9 Å². The molecule has 0 aromatic heterocycles. The molecule has 0 radical (unpaired) electrons. The molecule has 1 saturated heterocycles. The normalized spacial score (nSPS) is 18.2. The van der Waals surface area contributed by atoms with Crippen molar-refractivity contribution in [3.8, 4) is 0 Å². The molecular formula is C20H23BrN2O3S. The summed E-state index contributed by atoms with van der Waals surface area (Å²) in [5.41, 5.74) is 1.06. The zero-order chi connectivity index (χ0) is 19.4. The van der Waals surface area contributed by atoms with Crippen LogP contribution < -0.4 is 0 Å². The van der Waals surface area contributed by atoms with E-state index in [-0.39, 0.29) is 23.3 Å². The molecule has 1 amide bonds. The number of carbonyl (C=O) groups excluding carboxylic acids is 1. The molecule has 0 unspecified atom stereocenters. The van der Waals surface area contributed by atoms with Gasteiger partial charge in [-0.1, -0.05) is 46.3 Å². The van der Waals surface area contributed by atoms with Crippen molar-refractivity contribution in [3.63, 3.8) is 0 Å². The van der Waals surface area contributed by atoms with Crippen molar-refractivity contribution in [1.82, 2.24) is 9.21 Å². The Morgan fingerprint density at radius 2 is 1.81 bits per heavy atom. The van der Waals surface area contributed by atoms with E-state index in [1.807, 2.05) is 30.3 Å². The number of nitrogens with zero attached hydrogens (tertiary/aromatic N) is 2. The smallest absolute Gasteiger partial charge is 0.243 e. The van der Waals surface area contributed by atoms with Gasteiger partial charge in [0.25, 0.3) is 0 Å². The van der Waals surface area contributed by atoms with E-state index >= 15 is 0 Å². The largest absolute Gasteiger partial charge is 0.341 e. The van der Waals surface area contributed by atoms with E-state index in [1.54, 1.807) is 36.2 Å². The zero-order valence-electron chi connectivity index (χ0n) is 15.2. The van der Waals surface area contributed by atoms with Gasteiger partial charge in [0, 0.05) is 31.2 Å². The lowest BCUT2D eigenvalue weighted by molar-refractivity contribution is -0.135. The first kappa shape index (κ1) is 20.0. The van der Waals surface area contributed by atoms with E-state index < -0.39 is 10.0 Å². The molecule has 7 heteroatoms. The second-order valence-corrected chi connectivity index (χ2v) is 9.69. The van der Waals surface area contributed by atoms with Gasteiger partial charge in [0.15, 0.2) is 0 Å². The van der Waals surface area contributed by atoms with E-state index in [2.05, 4.69) is 15.9 Å². The van der Waals surface area contributed by atoms with Crippen molar-refractivity contribution in [1.29, 1.82) is 0 Å². The Balaban J connectivity index is 1.69. The van der Waals surface area contributed by atoms with Gasteiger partial charge in [0.1, 0.15) is 0 Å². The van der Waals surface area contributed by atoms with Gasteiger partial charge in [-0.05, 0) is 42.7 Å². The molecule has 0 saturated carbocycles. The van der Waals surface area contributed by atoms with Crippen molar-refractivity contribution in [2.45, 2.75) is 24.3 Å². The minimum Gasteiger partial charge on any atom is -0.341 e. The van der Waals surface area contributed by atoms with E-state index in [9.17, 15) is 13.2 Å². The molecule has 2 aromatic carbocycles. The van der Waals surface area contributed by atoms with Crippen LogP contribution in [0.5, 0.6) is 0 Å². The highest BCUT2D eigenvalue weighted by Crippen LogP contribution is 2.26. The molecule has 1 heterocycles. The fourth-order valence-electron chi connectivity index (χ4n) is 3.36. The first-order valence-corrected chi connectivity index (χ1v) is 11.2. The first-order chi connectivity index (χ1) is 12.9. The quantitative estimate of drug-likeness (QED) is 0.699. The molecule has 0 spiro atoms. The fraction of sp³-hybridized carbons (Fsp3) is 0.350. The fourth-order valence-corrected chi connectivity index (χ4v) is 5.15. The Labute approximate surface area is 169 Å². The molecule has 27 heavy (non-hydrogen) atoms. The molecule has 0 bridgehead atoms. The highest BCUT2D eigenvalue weighted by Gasteiger charge is 2.34.